The summed E-state index contributed by atoms with van der Waals surface area (Å²) in [6, 6.07) is 11.1. The van der Waals surface area contributed by atoms with Crippen LogP contribution in [-0.2, 0) is 11.0 Å². The summed E-state index contributed by atoms with van der Waals surface area (Å²) in [5.74, 6) is 0.166. The van der Waals surface area contributed by atoms with Gasteiger partial charge in [0.15, 0.2) is 0 Å². The van der Waals surface area contributed by atoms with E-state index in [0.717, 1.165) is 11.8 Å². The largest absolute Gasteiger partial charge is 0.418 e. The fourth-order valence-electron chi connectivity index (χ4n) is 3.66. The van der Waals surface area contributed by atoms with Crippen molar-refractivity contribution in [2.45, 2.75) is 33.4 Å². The van der Waals surface area contributed by atoms with Gasteiger partial charge in [-0.25, -0.2) is 4.79 Å². The summed E-state index contributed by atoms with van der Waals surface area (Å²) >= 11 is 0. The average molecular weight is 463 g/mol. The summed E-state index contributed by atoms with van der Waals surface area (Å²) in [4.78, 5) is 28.7. The van der Waals surface area contributed by atoms with Gasteiger partial charge in [-0.15, -0.1) is 0 Å². The Hall–Kier alpha value is -3.23. The van der Waals surface area contributed by atoms with Crippen LogP contribution < -0.4 is 15.5 Å². The van der Waals surface area contributed by atoms with E-state index >= 15 is 0 Å². The number of urea groups is 1. The van der Waals surface area contributed by atoms with Crippen LogP contribution in [-0.4, -0.2) is 43.0 Å². The molecule has 3 rings (SSSR count). The van der Waals surface area contributed by atoms with Crippen LogP contribution >= 0.6 is 0 Å². The number of hydrogen-bond donors (Lipinski definition) is 2. The van der Waals surface area contributed by atoms with Crippen molar-refractivity contribution in [3.8, 4) is 0 Å². The number of rotatable bonds is 4. The number of piperazine rings is 1. The van der Waals surface area contributed by atoms with Gasteiger partial charge in [0, 0.05) is 44.0 Å². The zero-order valence-corrected chi connectivity index (χ0v) is 19.0. The quantitative estimate of drug-likeness (QED) is 0.637. The Morgan fingerprint density at radius 1 is 0.879 bits per heavy atom. The van der Waals surface area contributed by atoms with E-state index < -0.39 is 17.8 Å². The minimum atomic E-state index is -4.56. The first kappa shape index (κ1) is 24.4. The number of halogens is 3. The van der Waals surface area contributed by atoms with Gasteiger partial charge in [0.25, 0.3) is 0 Å². The molecule has 0 radical (unpaired) electrons. The molecule has 1 heterocycles. The maximum absolute atomic E-state index is 13.1. The minimum absolute atomic E-state index is 0.0435. The molecule has 1 aliphatic heterocycles. The molecule has 3 amide bonds. The van der Waals surface area contributed by atoms with Gasteiger partial charge in [-0.05, 0) is 41.8 Å². The summed E-state index contributed by atoms with van der Waals surface area (Å²) < 4.78 is 39.3. The molecule has 1 saturated heterocycles. The van der Waals surface area contributed by atoms with E-state index in [1.807, 2.05) is 37.8 Å². The number of alkyl halides is 3. The third-order valence-corrected chi connectivity index (χ3v) is 5.28. The lowest BCUT2D eigenvalue weighted by atomic mass is 9.91. The molecule has 0 bridgehead atoms. The Labute approximate surface area is 191 Å². The van der Waals surface area contributed by atoms with Crippen LogP contribution in [0.4, 0.5) is 35.0 Å². The lowest BCUT2D eigenvalue weighted by Gasteiger charge is -2.37. The Kier molecular flexibility index (Phi) is 7.19. The molecule has 2 N–H and O–H groups in total. The standard InChI is InChI=1S/C24H29F3N4O2/c1-23(2,3)16-21(32)31-14-12-30(13-15-31)18-10-8-17(9-11-18)28-22(33)29-20-7-5-4-6-19(20)24(25,26)27/h4-11H,12-16H2,1-3H3,(H2,28,29,33). The summed E-state index contributed by atoms with van der Waals surface area (Å²) in [6.45, 7) is 8.85. The maximum Gasteiger partial charge on any atom is 0.418 e. The lowest BCUT2D eigenvalue weighted by Crippen LogP contribution is -2.49. The molecular formula is C24H29F3N4O2. The number of carbonyl (C=O) groups is 2. The van der Waals surface area contributed by atoms with Crippen molar-refractivity contribution in [2.75, 3.05) is 41.7 Å². The van der Waals surface area contributed by atoms with E-state index in [2.05, 4.69) is 15.5 Å². The predicted molar refractivity (Wildman–Crippen MR) is 123 cm³/mol. The molecule has 178 valence electrons. The van der Waals surface area contributed by atoms with Gasteiger partial charge < -0.3 is 20.4 Å². The van der Waals surface area contributed by atoms with Gasteiger partial charge in [0.1, 0.15) is 0 Å². The maximum atomic E-state index is 13.1. The predicted octanol–water partition coefficient (Wildman–Crippen LogP) is 5.43. The molecule has 33 heavy (non-hydrogen) atoms. The van der Waals surface area contributed by atoms with Gasteiger partial charge in [0.2, 0.25) is 5.91 Å². The molecule has 0 saturated carbocycles. The van der Waals surface area contributed by atoms with Crippen LogP contribution in [0.2, 0.25) is 0 Å². The van der Waals surface area contributed by atoms with Crippen LogP contribution in [0.1, 0.15) is 32.8 Å². The molecule has 0 spiro atoms. The smallest absolute Gasteiger partial charge is 0.368 e. The monoisotopic (exact) mass is 462 g/mol. The number of carbonyl (C=O) groups excluding carboxylic acids is 2. The molecule has 0 unspecified atom stereocenters. The zero-order chi connectivity index (χ0) is 24.2. The molecule has 0 aliphatic carbocycles. The first-order valence-electron chi connectivity index (χ1n) is 10.8. The number of nitrogens with zero attached hydrogens (tertiary/aromatic N) is 2. The van der Waals surface area contributed by atoms with Crippen LogP contribution in [0.3, 0.4) is 0 Å². The normalized spacial score (nSPS) is 14.7. The number of hydrogen-bond acceptors (Lipinski definition) is 3. The summed E-state index contributed by atoms with van der Waals surface area (Å²) in [6.07, 6.45) is -4.05. The number of anilines is 3. The van der Waals surface area contributed by atoms with Crippen molar-refractivity contribution in [2.24, 2.45) is 5.41 Å². The second-order valence-corrected chi connectivity index (χ2v) is 9.27. The number of benzene rings is 2. The molecule has 0 atom stereocenters. The lowest BCUT2D eigenvalue weighted by molar-refractivity contribution is -0.137. The first-order valence-corrected chi connectivity index (χ1v) is 10.8. The van der Waals surface area contributed by atoms with Crippen molar-refractivity contribution >= 4 is 29.0 Å². The third kappa shape index (κ3) is 6.87. The zero-order valence-electron chi connectivity index (χ0n) is 19.0. The highest BCUT2D eigenvalue weighted by molar-refractivity contribution is 6.00. The molecule has 9 heteroatoms. The highest BCUT2D eigenvalue weighted by Crippen LogP contribution is 2.34. The van der Waals surface area contributed by atoms with Crippen LogP contribution in [0.15, 0.2) is 48.5 Å². The van der Waals surface area contributed by atoms with E-state index in [1.165, 1.54) is 18.2 Å². The second-order valence-electron chi connectivity index (χ2n) is 9.27. The van der Waals surface area contributed by atoms with Gasteiger partial charge in [-0.2, -0.15) is 13.2 Å². The van der Waals surface area contributed by atoms with Crippen LogP contribution in [0.5, 0.6) is 0 Å². The van der Waals surface area contributed by atoms with E-state index in [0.29, 0.717) is 38.3 Å². The van der Waals surface area contributed by atoms with Gasteiger partial charge in [-0.3, -0.25) is 4.79 Å². The molecule has 2 aromatic rings. The third-order valence-electron chi connectivity index (χ3n) is 5.28. The Morgan fingerprint density at radius 3 is 2.06 bits per heavy atom. The fraction of sp³-hybridized carbons (Fsp3) is 0.417. The first-order chi connectivity index (χ1) is 15.4. The Morgan fingerprint density at radius 2 is 1.48 bits per heavy atom. The highest BCUT2D eigenvalue weighted by atomic mass is 19.4. The molecule has 2 aromatic carbocycles. The summed E-state index contributed by atoms with van der Waals surface area (Å²) in [5.41, 5.74) is 0.151. The SMILES string of the molecule is CC(C)(C)CC(=O)N1CCN(c2ccc(NC(=O)Nc3ccccc3C(F)(F)F)cc2)CC1. The van der Waals surface area contributed by atoms with E-state index in [9.17, 15) is 22.8 Å². The summed E-state index contributed by atoms with van der Waals surface area (Å²) in [7, 11) is 0. The molecule has 0 aromatic heterocycles. The van der Waals surface area contributed by atoms with Crippen LogP contribution in [0, 0.1) is 5.41 Å². The minimum Gasteiger partial charge on any atom is -0.368 e. The van der Waals surface area contributed by atoms with Gasteiger partial charge >= 0.3 is 12.2 Å². The average Bonchev–Trinajstić information content (AvgIpc) is 2.73. The summed E-state index contributed by atoms with van der Waals surface area (Å²) in [5, 5.41) is 4.81. The van der Waals surface area contributed by atoms with Crippen molar-refractivity contribution in [3.63, 3.8) is 0 Å². The van der Waals surface area contributed by atoms with E-state index in [1.54, 1.807) is 12.1 Å². The van der Waals surface area contributed by atoms with Crippen LogP contribution in [0.25, 0.3) is 0 Å². The highest BCUT2D eigenvalue weighted by Gasteiger charge is 2.33. The van der Waals surface area contributed by atoms with E-state index in [4.69, 9.17) is 0 Å². The number of para-hydroxylation sites is 1. The topological polar surface area (TPSA) is 64.7 Å². The number of amides is 3. The van der Waals surface area contributed by atoms with Crippen molar-refractivity contribution in [1.82, 2.24) is 4.90 Å². The second kappa shape index (κ2) is 9.72. The van der Waals surface area contributed by atoms with Gasteiger partial charge in [0.05, 0.1) is 11.3 Å². The molecular weight excluding hydrogens is 433 g/mol. The molecule has 6 nitrogen and oxygen atoms in total. The Bertz CT molecular complexity index is 976. The van der Waals surface area contributed by atoms with Crippen molar-refractivity contribution in [1.29, 1.82) is 0 Å². The van der Waals surface area contributed by atoms with Crippen molar-refractivity contribution in [3.05, 3.63) is 54.1 Å². The Balaban J connectivity index is 1.54. The molecule has 1 aliphatic rings. The van der Waals surface area contributed by atoms with Gasteiger partial charge in [-0.1, -0.05) is 32.9 Å². The molecule has 1 fully saturated rings. The van der Waals surface area contributed by atoms with Crippen molar-refractivity contribution < 1.29 is 22.8 Å². The fourth-order valence-corrected chi connectivity index (χ4v) is 3.66. The van der Waals surface area contributed by atoms with E-state index in [-0.39, 0.29) is 17.0 Å². The number of nitrogens with one attached hydrogen (secondary N) is 2.